The molecule has 1 amide bonds. The molecule has 82 valence electrons. The highest BCUT2D eigenvalue weighted by Gasteiger charge is 2.05. The van der Waals surface area contributed by atoms with Gasteiger partial charge in [-0.2, -0.15) is 0 Å². The van der Waals surface area contributed by atoms with Crippen LogP contribution < -0.4 is 10.1 Å². The van der Waals surface area contributed by atoms with E-state index in [0.29, 0.717) is 17.8 Å². The molecule has 16 heavy (non-hydrogen) atoms. The third-order valence-corrected chi connectivity index (χ3v) is 2.01. The minimum atomic E-state index is 0.561. The number of hydrogen-bond donors (Lipinski definition) is 1. The van der Waals surface area contributed by atoms with Gasteiger partial charge in [-0.05, 0) is 28.6 Å². The SMILES string of the molecule is COc1ccc(-n2cnnn2)cc1NC=O. The van der Waals surface area contributed by atoms with Gasteiger partial charge in [0.15, 0.2) is 0 Å². The molecule has 2 rings (SSSR count). The molecule has 1 N–H and O–H groups in total. The summed E-state index contributed by atoms with van der Waals surface area (Å²) in [5.41, 5.74) is 1.29. The molecular weight excluding hydrogens is 210 g/mol. The van der Waals surface area contributed by atoms with Crippen molar-refractivity contribution < 1.29 is 9.53 Å². The Balaban J connectivity index is 2.42. The highest BCUT2D eigenvalue weighted by atomic mass is 16.5. The topological polar surface area (TPSA) is 81.9 Å². The van der Waals surface area contributed by atoms with E-state index in [2.05, 4.69) is 20.8 Å². The molecule has 1 aromatic heterocycles. The van der Waals surface area contributed by atoms with Crippen molar-refractivity contribution in [2.24, 2.45) is 0 Å². The van der Waals surface area contributed by atoms with Gasteiger partial charge in [0.2, 0.25) is 6.41 Å². The van der Waals surface area contributed by atoms with Crippen LogP contribution in [0, 0.1) is 0 Å². The maximum atomic E-state index is 10.4. The van der Waals surface area contributed by atoms with Crippen LogP contribution >= 0.6 is 0 Å². The third kappa shape index (κ3) is 1.83. The van der Waals surface area contributed by atoms with Crippen molar-refractivity contribution in [2.75, 3.05) is 12.4 Å². The maximum absolute atomic E-state index is 10.4. The van der Waals surface area contributed by atoms with Gasteiger partial charge in [-0.25, -0.2) is 4.68 Å². The lowest BCUT2D eigenvalue weighted by Crippen LogP contribution is -2.01. The largest absolute Gasteiger partial charge is 0.495 e. The van der Waals surface area contributed by atoms with Crippen molar-refractivity contribution in [3.05, 3.63) is 24.5 Å². The van der Waals surface area contributed by atoms with Crippen molar-refractivity contribution >= 4 is 12.1 Å². The number of tetrazole rings is 1. The van der Waals surface area contributed by atoms with Crippen molar-refractivity contribution in [2.45, 2.75) is 0 Å². The Labute approximate surface area is 91.0 Å². The zero-order valence-electron chi connectivity index (χ0n) is 8.49. The fourth-order valence-electron chi connectivity index (χ4n) is 1.29. The Morgan fingerprint density at radius 2 is 2.38 bits per heavy atom. The van der Waals surface area contributed by atoms with Crippen LogP contribution in [0.15, 0.2) is 24.5 Å². The molecule has 0 fully saturated rings. The zero-order chi connectivity index (χ0) is 11.4. The van der Waals surface area contributed by atoms with Crippen molar-refractivity contribution in [1.82, 2.24) is 20.2 Å². The molecule has 1 aromatic carbocycles. The Morgan fingerprint density at radius 1 is 1.50 bits per heavy atom. The highest BCUT2D eigenvalue weighted by Crippen LogP contribution is 2.25. The molecule has 7 nitrogen and oxygen atoms in total. The number of benzene rings is 1. The molecule has 0 saturated heterocycles. The molecule has 0 radical (unpaired) electrons. The summed E-state index contributed by atoms with van der Waals surface area (Å²) in [5, 5.41) is 13.3. The normalized spacial score (nSPS) is 9.81. The number of methoxy groups -OCH3 is 1. The second-order valence-corrected chi connectivity index (χ2v) is 2.90. The summed E-state index contributed by atoms with van der Waals surface area (Å²) in [5.74, 6) is 0.573. The van der Waals surface area contributed by atoms with E-state index in [0.717, 1.165) is 5.69 Å². The first-order valence-corrected chi connectivity index (χ1v) is 4.46. The summed E-state index contributed by atoms with van der Waals surface area (Å²) < 4.78 is 6.57. The molecule has 0 aliphatic rings. The fraction of sp³-hybridized carbons (Fsp3) is 0.111. The van der Waals surface area contributed by atoms with Crippen molar-refractivity contribution in [3.8, 4) is 11.4 Å². The summed E-state index contributed by atoms with van der Waals surface area (Å²) in [6.07, 6.45) is 2.05. The number of nitrogens with one attached hydrogen (secondary N) is 1. The average Bonchev–Trinajstić information content (AvgIpc) is 2.83. The molecule has 0 aliphatic heterocycles. The highest BCUT2D eigenvalue weighted by molar-refractivity contribution is 5.76. The minimum Gasteiger partial charge on any atom is -0.495 e. The van der Waals surface area contributed by atoms with Gasteiger partial charge in [0.25, 0.3) is 0 Å². The van der Waals surface area contributed by atoms with Crippen LogP contribution in [0.2, 0.25) is 0 Å². The van der Waals surface area contributed by atoms with Crippen molar-refractivity contribution in [1.29, 1.82) is 0 Å². The fourth-order valence-corrected chi connectivity index (χ4v) is 1.29. The van der Waals surface area contributed by atoms with Gasteiger partial charge < -0.3 is 10.1 Å². The Kier molecular flexibility index (Phi) is 2.77. The number of anilines is 1. The van der Waals surface area contributed by atoms with Crippen LogP contribution in [0.25, 0.3) is 5.69 Å². The van der Waals surface area contributed by atoms with E-state index < -0.39 is 0 Å². The van der Waals surface area contributed by atoms with Gasteiger partial charge in [0.1, 0.15) is 12.1 Å². The van der Waals surface area contributed by atoms with Crippen LogP contribution in [-0.4, -0.2) is 33.7 Å². The summed E-state index contributed by atoms with van der Waals surface area (Å²) in [6, 6.07) is 5.22. The first-order chi connectivity index (χ1) is 7.85. The second kappa shape index (κ2) is 4.39. The smallest absolute Gasteiger partial charge is 0.211 e. The van der Waals surface area contributed by atoms with E-state index in [1.165, 1.54) is 18.1 Å². The number of nitrogens with zero attached hydrogens (tertiary/aromatic N) is 4. The van der Waals surface area contributed by atoms with Crippen molar-refractivity contribution in [3.63, 3.8) is 0 Å². The van der Waals surface area contributed by atoms with Crippen LogP contribution in [0.3, 0.4) is 0 Å². The third-order valence-electron chi connectivity index (χ3n) is 2.01. The van der Waals surface area contributed by atoms with Crippen LogP contribution in [0.5, 0.6) is 5.75 Å². The first kappa shape index (κ1) is 10.1. The number of aromatic nitrogens is 4. The first-order valence-electron chi connectivity index (χ1n) is 4.46. The van der Waals surface area contributed by atoms with E-state index in [1.807, 2.05) is 0 Å². The molecule has 0 unspecified atom stereocenters. The molecular formula is C9H9N5O2. The Morgan fingerprint density at radius 3 is 3.00 bits per heavy atom. The Bertz CT molecular complexity index is 483. The number of amides is 1. The molecule has 0 atom stereocenters. The van der Waals surface area contributed by atoms with E-state index in [9.17, 15) is 4.79 Å². The zero-order valence-corrected chi connectivity index (χ0v) is 8.49. The predicted molar refractivity (Wildman–Crippen MR) is 55.4 cm³/mol. The minimum absolute atomic E-state index is 0.561. The lowest BCUT2D eigenvalue weighted by atomic mass is 10.2. The molecule has 0 bridgehead atoms. The van der Waals surface area contributed by atoms with Crippen LogP contribution in [0.1, 0.15) is 0 Å². The lowest BCUT2D eigenvalue weighted by Gasteiger charge is -2.08. The van der Waals surface area contributed by atoms with Gasteiger partial charge in [-0.15, -0.1) is 5.10 Å². The van der Waals surface area contributed by atoms with Gasteiger partial charge in [0.05, 0.1) is 18.5 Å². The van der Waals surface area contributed by atoms with Gasteiger partial charge in [0, 0.05) is 0 Å². The van der Waals surface area contributed by atoms with Gasteiger partial charge >= 0.3 is 0 Å². The average molecular weight is 219 g/mol. The number of ether oxygens (including phenoxy) is 1. The summed E-state index contributed by atoms with van der Waals surface area (Å²) in [6.45, 7) is 0. The number of rotatable bonds is 4. The molecule has 0 aliphatic carbocycles. The van der Waals surface area contributed by atoms with Crippen LogP contribution in [-0.2, 0) is 4.79 Å². The summed E-state index contributed by atoms with van der Waals surface area (Å²) in [7, 11) is 1.53. The molecule has 7 heteroatoms. The lowest BCUT2D eigenvalue weighted by molar-refractivity contribution is -0.105. The van der Waals surface area contributed by atoms with E-state index in [4.69, 9.17) is 4.74 Å². The summed E-state index contributed by atoms with van der Waals surface area (Å²) in [4.78, 5) is 10.4. The predicted octanol–water partition coefficient (Wildman–Crippen LogP) is 0.239. The van der Waals surface area contributed by atoms with Crippen LogP contribution in [0.4, 0.5) is 5.69 Å². The second-order valence-electron chi connectivity index (χ2n) is 2.90. The monoisotopic (exact) mass is 219 g/mol. The van der Waals surface area contributed by atoms with E-state index in [1.54, 1.807) is 18.2 Å². The number of carbonyl (C=O) groups is 1. The summed E-state index contributed by atoms with van der Waals surface area (Å²) >= 11 is 0. The molecule has 2 aromatic rings. The molecule has 0 saturated carbocycles. The molecule has 0 spiro atoms. The number of carbonyl (C=O) groups excluding carboxylic acids is 1. The standard InChI is InChI=1S/C9H9N5O2/c1-16-9-3-2-7(4-8(9)10-6-15)14-5-11-12-13-14/h2-6H,1H3,(H,10,15). The van der Waals surface area contributed by atoms with Gasteiger partial charge in [-0.1, -0.05) is 0 Å². The van der Waals surface area contributed by atoms with E-state index >= 15 is 0 Å². The Hall–Kier alpha value is -2.44. The maximum Gasteiger partial charge on any atom is 0.211 e. The molecule has 1 heterocycles. The quantitative estimate of drug-likeness (QED) is 0.745. The van der Waals surface area contributed by atoms with Gasteiger partial charge in [-0.3, -0.25) is 4.79 Å². The van der Waals surface area contributed by atoms with E-state index in [-0.39, 0.29) is 0 Å². The number of hydrogen-bond acceptors (Lipinski definition) is 5.